The van der Waals surface area contributed by atoms with Crippen molar-refractivity contribution in [3.8, 4) is 0 Å². The van der Waals surface area contributed by atoms with Crippen LogP contribution >= 0.6 is 0 Å². The van der Waals surface area contributed by atoms with Gasteiger partial charge in [-0.1, -0.05) is 13.3 Å². The van der Waals surface area contributed by atoms with E-state index < -0.39 is 6.23 Å². The zero-order chi connectivity index (χ0) is 18.8. The van der Waals surface area contributed by atoms with Crippen LogP contribution in [0.3, 0.4) is 0 Å². The number of nitrogens with zero attached hydrogens (tertiary/aromatic N) is 2. The van der Waals surface area contributed by atoms with Crippen LogP contribution in [0.15, 0.2) is 10.2 Å². The Morgan fingerprint density at radius 3 is 2.21 bits per heavy atom. The van der Waals surface area contributed by atoms with Gasteiger partial charge >= 0.3 is 0 Å². The largest absolute Gasteiger partial charge is 0.370 e. The third-order valence-electron chi connectivity index (χ3n) is 3.23. The van der Waals surface area contributed by atoms with Gasteiger partial charge in [0.25, 0.3) is 0 Å². The van der Waals surface area contributed by atoms with Gasteiger partial charge in [-0.2, -0.15) is 10.2 Å². The molecule has 24 heavy (non-hydrogen) atoms. The summed E-state index contributed by atoms with van der Waals surface area (Å²) in [6, 6.07) is -0.234. The SMILES string of the molecule is CCCCC(=O)C(CCCC(O)N=NC(C)(C)C)NNC(C)(C)C. The molecule has 0 rings (SSSR count). The van der Waals surface area contributed by atoms with E-state index in [9.17, 15) is 9.90 Å². The first-order valence-electron chi connectivity index (χ1n) is 9.10. The van der Waals surface area contributed by atoms with Crippen LogP contribution in [0.25, 0.3) is 0 Å². The molecule has 0 aliphatic carbocycles. The first kappa shape index (κ1) is 23.1. The van der Waals surface area contributed by atoms with E-state index in [0.717, 1.165) is 12.8 Å². The van der Waals surface area contributed by atoms with Gasteiger partial charge in [-0.3, -0.25) is 10.2 Å². The van der Waals surface area contributed by atoms with Crippen molar-refractivity contribution in [3.05, 3.63) is 0 Å². The molecule has 0 heterocycles. The molecule has 0 aromatic carbocycles. The third-order valence-corrected chi connectivity index (χ3v) is 3.23. The molecule has 6 nitrogen and oxygen atoms in total. The van der Waals surface area contributed by atoms with Crippen LogP contribution < -0.4 is 10.9 Å². The highest BCUT2D eigenvalue weighted by atomic mass is 16.3. The topological polar surface area (TPSA) is 86.1 Å². The highest BCUT2D eigenvalue weighted by Crippen LogP contribution is 2.12. The molecule has 0 saturated carbocycles. The predicted molar refractivity (Wildman–Crippen MR) is 98.8 cm³/mol. The van der Waals surface area contributed by atoms with Gasteiger partial charge in [0.05, 0.1) is 11.6 Å². The number of hydrogen-bond donors (Lipinski definition) is 3. The van der Waals surface area contributed by atoms with Gasteiger partial charge in [-0.05, 0) is 67.2 Å². The van der Waals surface area contributed by atoms with Gasteiger partial charge in [-0.25, -0.2) is 5.43 Å². The number of nitrogens with one attached hydrogen (secondary N) is 2. The molecule has 2 unspecified atom stereocenters. The lowest BCUT2D eigenvalue weighted by atomic mass is 10.0. The summed E-state index contributed by atoms with van der Waals surface area (Å²) in [5.41, 5.74) is 5.96. The number of carbonyl (C=O) groups excluding carboxylic acids is 1. The van der Waals surface area contributed by atoms with Gasteiger partial charge < -0.3 is 5.11 Å². The molecule has 6 heteroatoms. The maximum absolute atomic E-state index is 12.3. The zero-order valence-electron chi connectivity index (χ0n) is 16.6. The number of unbranched alkanes of at least 4 members (excludes halogenated alkanes) is 1. The summed E-state index contributed by atoms with van der Waals surface area (Å²) in [6.45, 7) is 14.0. The highest BCUT2D eigenvalue weighted by Gasteiger charge is 2.20. The smallest absolute Gasteiger partial charge is 0.165 e. The zero-order valence-corrected chi connectivity index (χ0v) is 16.6. The Balaban J connectivity index is 4.43. The average molecular weight is 343 g/mol. The second-order valence-corrected chi connectivity index (χ2v) is 8.44. The summed E-state index contributed by atoms with van der Waals surface area (Å²) in [7, 11) is 0. The van der Waals surface area contributed by atoms with Gasteiger partial charge in [-0.15, -0.1) is 0 Å². The molecular formula is C18H38N4O2. The van der Waals surface area contributed by atoms with Gasteiger partial charge in [0, 0.05) is 12.0 Å². The molecule has 3 N–H and O–H groups in total. The number of aliphatic hydroxyl groups excluding tert-OH is 1. The Hall–Kier alpha value is -0.850. The molecule has 142 valence electrons. The van der Waals surface area contributed by atoms with E-state index in [4.69, 9.17) is 0 Å². The first-order chi connectivity index (χ1) is 10.9. The minimum Gasteiger partial charge on any atom is -0.370 e. The maximum Gasteiger partial charge on any atom is 0.165 e. The van der Waals surface area contributed by atoms with Crippen molar-refractivity contribution in [2.75, 3.05) is 0 Å². The van der Waals surface area contributed by atoms with Gasteiger partial charge in [0.2, 0.25) is 0 Å². The fourth-order valence-corrected chi connectivity index (χ4v) is 1.94. The van der Waals surface area contributed by atoms with Crippen LogP contribution in [0.4, 0.5) is 0 Å². The molecule has 0 amide bonds. The van der Waals surface area contributed by atoms with Crippen molar-refractivity contribution >= 4 is 5.78 Å². The first-order valence-corrected chi connectivity index (χ1v) is 9.10. The number of aliphatic hydroxyl groups is 1. The van der Waals surface area contributed by atoms with Crippen LogP contribution in [0.1, 0.15) is 87.0 Å². The van der Waals surface area contributed by atoms with Crippen molar-refractivity contribution in [2.45, 2.75) is 110 Å². The number of azo groups is 1. The van der Waals surface area contributed by atoms with Crippen LogP contribution in [0, 0.1) is 0 Å². The molecule has 0 aromatic rings. The second kappa shape index (κ2) is 10.9. The second-order valence-electron chi connectivity index (χ2n) is 8.44. The van der Waals surface area contributed by atoms with E-state index in [0.29, 0.717) is 25.7 Å². The van der Waals surface area contributed by atoms with E-state index >= 15 is 0 Å². The molecule has 2 atom stereocenters. The number of carbonyl (C=O) groups is 1. The molecule has 0 aliphatic rings. The van der Waals surface area contributed by atoms with Crippen LogP contribution in [0.5, 0.6) is 0 Å². The van der Waals surface area contributed by atoms with Crippen LogP contribution in [0.2, 0.25) is 0 Å². The lowest BCUT2D eigenvalue weighted by Crippen LogP contribution is -2.53. The number of rotatable bonds is 11. The van der Waals surface area contributed by atoms with Crippen LogP contribution in [-0.4, -0.2) is 34.2 Å². The molecule has 0 spiro atoms. The van der Waals surface area contributed by atoms with Crippen LogP contribution in [-0.2, 0) is 4.79 Å². The van der Waals surface area contributed by atoms with Crippen molar-refractivity contribution in [3.63, 3.8) is 0 Å². The fourth-order valence-electron chi connectivity index (χ4n) is 1.94. The minimum absolute atomic E-state index is 0.107. The van der Waals surface area contributed by atoms with E-state index in [2.05, 4.69) is 28.0 Å². The molecule has 0 saturated heterocycles. The molecule has 0 fully saturated rings. The Kier molecular flexibility index (Phi) is 10.5. The molecular weight excluding hydrogens is 304 g/mol. The Morgan fingerprint density at radius 1 is 1.08 bits per heavy atom. The van der Waals surface area contributed by atoms with Crippen molar-refractivity contribution in [2.24, 2.45) is 10.2 Å². The lowest BCUT2D eigenvalue weighted by molar-refractivity contribution is -0.121. The number of hydrazine groups is 1. The Morgan fingerprint density at radius 2 is 1.71 bits per heavy atom. The lowest BCUT2D eigenvalue weighted by Gasteiger charge is -2.26. The third kappa shape index (κ3) is 13.6. The normalized spacial score (nSPS) is 15.7. The Labute approximate surface area is 147 Å². The van der Waals surface area contributed by atoms with Crippen molar-refractivity contribution in [1.29, 1.82) is 0 Å². The molecule has 0 bridgehead atoms. The van der Waals surface area contributed by atoms with E-state index in [-0.39, 0.29) is 22.9 Å². The fraction of sp³-hybridized carbons (Fsp3) is 0.944. The molecule has 0 aromatic heterocycles. The maximum atomic E-state index is 12.3. The molecule has 0 radical (unpaired) electrons. The summed E-state index contributed by atoms with van der Waals surface area (Å²) in [6.07, 6.45) is 3.61. The molecule has 0 aliphatic heterocycles. The van der Waals surface area contributed by atoms with E-state index in [1.807, 2.05) is 41.5 Å². The average Bonchev–Trinajstić information content (AvgIpc) is 2.44. The number of ketones is 1. The summed E-state index contributed by atoms with van der Waals surface area (Å²) < 4.78 is 0. The van der Waals surface area contributed by atoms with Gasteiger partial charge in [0.15, 0.2) is 12.0 Å². The standard InChI is InChI=1S/C18H38N4O2/c1-8-9-12-15(23)14(19-21-17(2,3)4)11-10-13-16(24)20-22-18(5,6)7/h14,16,19,21,24H,8-13H2,1-7H3. The van der Waals surface area contributed by atoms with E-state index in [1.165, 1.54) is 0 Å². The summed E-state index contributed by atoms with van der Waals surface area (Å²) in [4.78, 5) is 12.3. The number of hydrogen-bond acceptors (Lipinski definition) is 6. The van der Waals surface area contributed by atoms with Gasteiger partial charge in [0.1, 0.15) is 0 Å². The predicted octanol–water partition coefficient (Wildman–Crippen LogP) is 3.75. The summed E-state index contributed by atoms with van der Waals surface area (Å²) in [5, 5.41) is 17.9. The quantitative estimate of drug-likeness (QED) is 0.394. The minimum atomic E-state index is -0.800. The monoisotopic (exact) mass is 342 g/mol. The van der Waals surface area contributed by atoms with Crippen molar-refractivity contribution < 1.29 is 9.90 Å². The number of Topliss-reactive ketones (excluding diaryl/α,β-unsaturated/α-hetero) is 1. The van der Waals surface area contributed by atoms with Crippen molar-refractivity contribution in [1.82, 2.24) is 10.9 Å². The summed E-state index contributed by atoms with van der Waals surface area (Å²) >= 11 is 0. The van der Waals surface area contributed by atoms with E-state index in [1.54, 1.807) is 0 Å². The Bertz CT molecular complexity index is 383. The summed E-state index contributed by atoms with van der Waals surface area (Å²) in [5.74, 6) is 0.222. The highest BCUT2D eigenvalue weighted by molar-refractivity contribution is 5.83.